The quantitative estimate of drug-likeness (QED) is 0.753. The van der Waals surface area contributed by atoms with E-state index in [2.05, 4.69) is 37.4 Å². The van der Waals surface area contributed by atoms with E-state index in [1.807, 2.05) is 26.1 Å². The number of aryl methyl sites for hydroxylation is 2. The third-order valence-electron chi connectivity index (χ3n) is 2.71. The Bertz CT molecular complexity index is 668. The number of nitrogens with one attached hydrogen (secondary N) is 1. The Hall–Kier alpha value is -1.88. The van der Waals surface area contributed by atoms with E-state index in [0.717, 1.165) is 16.8 Å². The zero-order chi connectivity index (χ0) is 11.8. The van der Waals surface area contributed by atoms with Crippen LogP contribution in [-0.4, -0.2) is 13.9 Å². The van der Waals surface area contributed by atoms with Crippen LogP contribution in [0.25, 0.3) is 10.9 Å². The molecule has 0 saturated heterocycles. The molecule has 1 aromatic carbocycles. The molecule has 0 fully saturated rings. The Kier molecular flexibility index (Phi) is 2.33. The fraction of sp³-hybridized carbons (Fsp3) is 0.167. The van der Waals surface area contributed by atoms with Crippen molar-refractivity contribution in [2.45, 2.75) is 6.92 Å². The van der Waals surface area contributed by atoms with Gasteiger partial charge in [0.2, 0.25) is 5.13 Å². The maximum atomic E-state index is 4.30. The van der Waals surface area contributed by atoms with E-state index in [9.17, 15) is 0 Å². The predicted octanol–water partition coefficient (Wildman–Crippen LogP) is 3.08. The molecule has 0 radical (unpaired) electrons. The largest absolute Gasteiger partial charge is 0.330 e. The average molecular weight is 244 g/mol. The summed E-state index contributed by atoms with van der Waals surface area (Å²) >= 11 is 1.38. The van der Waals surface area contributed by atoms with E-state index in [1.165, 1.54) is 22.4 Å². The van der Waals surface area contributed by atoms with Gasteiger partial charge in [0.25, 0.3) is 0 Å². The van der Waals surface area contributed by atoms with E-state index in [1.54, 1.807) is 0 Å². The number of aromatic nitrogens is 3. The first kappa shape index (κ1) is 10.3. The summed E-state index contributed by atoms with van der Waals surface area (Å²) in [7, 11) is 2.04. The molecule has 4 nitrogen and oxygen atoms in total. The van der Waals surface area contributed by atoms with E-state index < -0.39 is 0 Å². The Morgan fingerprint density at radius 1 is 1.29 bits per heavy atom. The number of hydrogen-bond donors (Lipinski definition) is 1. The van der Waals surface area contributed by atoms with E-state index >= 15 is 0 Å². The fourth-order valence-electron chi connectivity index (χ4n) is 1.87. The van der Waals surface area contributed by atoms with Crippen molar-refractivity contribution in [2.24, 2.45) is 7.05 Å². The topological polar surface area (TPSA) is 42.7 Å². The maximum absolute atomic E-state index is 4.30. The molecule has 3 aromatic rings. The van der Waals surface area contributed by atoms with Crippen molar-refractivity contribution in [3.63, 3.8) is 0 Å². The molecule has 86 valence electrons. The van der Waals surface area contributed by atoms with Crippen LogP contribution < -0.4 is 5.32 Å². The van der Waals surface area contributed by atoms with Gasteiger partial charge in [-0.15, -0.1) is 0 Å². The summed E-state index contributed by atoms with van der Waals surface area (Å²) < 4.78 is 6.27. The Balaban J connectivity index is 2.03. The number of fused-ring (bicyclic) bond motifs is 1. The van der Waals surface area contributed by atoms with Crippen molar-refractivity contribution >= 4 is 33.4 Å². The van der Waals surface area contributed by atoms with E-state index in [4.69, 9.17) is 0 Å². The third-order valence-corrected chi connectivity index (χ3v) is 3.44. The van der Waals surface area contributed by atoms with Gasteiger partial charge in [-0.2, -0.15) is 4.37 Å². The van der Waals surface area contributed by atoms with Crippen molar-refractivity contribution in [1.82, 2.24) is 13.9 Å². The molecule has 0 amide bonds. The standard InChI is InChI=1S/C12H12N4S/c1-8-13-12(17-15-8)14-11-7-9-5-3-4-6-10(9)16(11)2/h3-7H,1-2H3,(H,13,14,15). The van der Waals surface area contributed by atoms with Crippen LogP contribution in [0.2, 0.25) is 0 Å². The number of rotatable bonds is 2. The van der Waals surface area contributed by atoms with Gasteiger partial charge < -0.3 is 9.88 Å². The van der Waals surface area contributed by atoms with Crippen molar-refractivity contribution in [3.05, 3.63) is 36.2 Å². The molecule has 0 atom stereocenters. The highest BCUT2D eigenvalue weighted by Gasteiger charge is 2.07. The van der Waals surface area contributed by atoms with Crippen LogP contribution in [0.4, 0.5) is 10.9 Å². The van der Waals surface area contributed by atoms with Crippen LogP contribution in [0.5, 0.6) is 0 Å². The minimum absolute atomic E-state index is 0.802. The van der Waals surface area contributed by atoms with Crippen molar-refractivity contribution < 1.29 is 0 Å². The van der Waals surface area contributed by atoms with Gasteiger partial charge in [0.05, 0.1) is 0 Å². The predicted molar refractivity (Wildman–Crippen MR) is 70.8 cm³/mol. The number of benzene rings is 1. The van der Waals surface area contributed by atoms with Crippen LogP contribution >= 0.6 is 11.5 Å². The van der Waals surface area contributed by atoms with Gasteiger partial charge in [-0.1, -0.05) is 18.2 Å². The van der Waals surface area contributed by atoms with Gasteiger partial charge in [-0.3, -0.25) is 0 Å². The lowest BCUT2D eigenvalue weighted by Crippen LogP contribution is -1.96. The molecule has 17 heavy (non-hydrogen) atoms. The molecule has 5 heteroatoms. The Morgan fingerprint density at radius 3 is 2.82 bits per heavy atom. The molecule has 0 unspecified atom stereocenters. The summed E-state index contributed by atoms with van der Waals surface area (Å²) in [4.78, 5) is 4.30. The van der Waals surface area contributed by atoms with Gasteiger partial charge in [0.1, 0.15) is 11.6 Å². The van der Waals surface area contributed by atoms with Crippen LogP contribution in [0.1, 0.15) is 5.82 Å². The monoisotopic (exact) mass is 244 g/mol. The first-order chi connectivity index (χ1) is 8.24. The first-order valence-corrected chi connectivity index (χ1v) is 6.13. The lowest BCUT2D eigenvalue weighted by Gasteiger charge is -2.03. The summed E-state index contributed by atoms with van der Waals surface area (Å²) in [6.45, 7) is 1.89. The molecule has 0 aliphatic heterocycles. The fourth-order valence-corrected chi connectivity index (χ4v) is 2.45. The second-order valence-corrected chi connectivity index (χ2v) is 4.67. The molecule has 0 bridgehead atoms. The number of anilines is 2. The summed E-state index contributed by atoms with van der Waals surface area (Å²) in [5, 5.41) is 5.34. The normalized spacial score (nSPS) is 10.9. The van der Waals surface area contributed by atoms with Crippen LogP contribution in [0.3, 0.4) is 0 Å². The van der Waals surface area contributed by atoms with Gasteiger partial charge in [-0.25, -0.2) is 4.98 Å². The highest BCUT2D eigenvalue weighted by molar-refractivity contribution is 7.09. The summed E-state index contributed by atoms with van der Waals surface area (Å²) in [6, 6.07) is 10.4. The van der Waals surface area contributed by atoms with Crippen LogP contribution in [0.15, 0.2) is 30.3 Å². The zero-order valence-corrected chi connectivity index (χ0v) is 10.5. The molecular formula is C12H12N4S. The lowest BCUT2D eigenvalue weighted by molar-refractivity contribution is 0.975. The number of hydrogen-bond acceptors (Lipinski definition) is 4. The summed E-state index contributed by atoms with van der Waals surface area (Å²) in [5.41, 5.74) is 1.20. The Labute approximate surface area is 103 Å². The highest BCUT2D eigenvalue weighted by Crippen LogP contribution is 2.25. The Morgan fingerprint density at radius 2 is 2.12 bits per heavy atom. The highest BCUT2D eigenvalue weighted by atomic mass is 32.1. The minimum Gasteiger partial charge on any atom is -0.330 e. The smallest absolute Gasteiger partial charge is 0.208 e. The van der Waals surface area contributed by atoms with Crippen LogP contribution in [0, 0.1) is 6.92 Å². The SMILES string of the molecule is Cc1nsc(Nc2cc3ccccc3n2C)n1. The third kappa shape index (κ3) is 1.78. The molecule has 3 rings (SSSR count). The molecule has 1 N–H and O–H groups in total. The van der Waals surface area contributed by atoms with E-state index in [0.29, 0.717) is 0 Å². The van der Waals surface area contributed by atoms with Gasteiger partial charge >= 0.3 is 0 Å². The lowest BCUT2D eigenvalue weighted by atomic mass is 10.2. The maximum Gasteiger partial charge on any atom is 0.208 e. The molecule has 0 aliphatic carbocycles. The van der Waals surface area contributed by atoms with Crippen molar-refractivity contribution in [3.8, 4) is 0 Å². The minimum atomic E-state index is 0.802. The summed E-state index contributed by atoms with van der Waals surface area (Å²) in [5.74, 6) is 1.83. The second kappa shape index (κ2) is 3.85. The second-order valence-electron chi connectivity index (χ2n) is 3.92. The number of para-hydroxylation sites is 1. The van der Waals surface area contributed by atoms with Gasteiger partial charge in [-0.05, 0) is 19.1 Å². The molecule has 0 spiro atoms. The van der Waals surface area contributed by atoms with Gasteiger partial charge in [0.15, 0.2) is 0 Å². The van der Waals surface area contributed by atoms with Crippen molar-refractivity contribution in [2.75, 3.05) is 5.32 Å². The number of nitrogens with zero attached hydrogens (tertiary/aromatic N) is 3. The van der Waals surface area contributed by atoms with E-state index in [-0.39, 0.29) is 0 Å². The van der Waals surface area contributed by atoms with Crippen LogP contribution in [-0.2, 0) is 7.05 Å². The zero-order valence-electron chi connectivity index (χ0n) is 9.64. The molecule has 0 aliphatic rings. The molecule has 2 heterocycles. The molecule has 2 aromatic heterocycles. The molecule has 0 saturated carbocycles. The van der Waals surface area contributed by atoms with Crippen molar-refractivity contribution in [1.29, 1.82) is 0 Å². The molecular weight excluding hydrogens is 232 g/mol. The van der Waals surface area contributed by atoms with Gasteiger partial charge in [0, 0.05) is 29.5 Å². The summed E-state index contributed by atoms with van der Waals surface area (Å²) in [6.07, 6.45) is 0. The first-order valence-electron chi connectivity index (χ1n) is 5.36. The average Bonchev–Trinajstić information content (AvgIpc) is 2.86.